The van der Waals surface area contributed by atoms with Gasteiger partial charge in [-0.1, -0.05) is 0 Å². The monoisotopic (exact) mass is 436 g/mol. The maximum Gasteiger partial charge on any atom is 0.111 e. The quantitative estimate of drug-likeness (QED) is 0.128. The van der Waals surface area contributed by atoms with Crippen LogP contribution in [0.1, 0.15) is 6.92 Å². The van der Waals surface area contributed by atoms with Crippen molar-refractivity contribution in [3.8, 4) is 0 Å². The SMILES string of the molecule is CC(O)C(O)C(O)C(O)C(O)C(O)C(O)C(O)C(O)C(O)C(O)C(O)C(O)CO. The fourth-order valence-corrected chi connectivity index (χ4v) is 2.44. The van der Waals surface area contributed by atoms with E-state index < -0.39 is 86.0 Å². The Morgan fingerprint density at radius 2 is 0.586 bits per heavy atom. The molecule has 0 bridgehead atoms. The summed E-state index contributed by atoms with van der Waals surface area (Å²) in [7, 11) is 0. The van der Waals surface area contributed by atoms with Gasteiger partial charge in [-0.3, -0.25) is 0 Å². The van der Waals surface area contributed by atoms with E-state index in [0.717, 1.165) is 6.92 Å². The van der Waals surface area contributed by atoms with Crippen LogP contribution in [0.25, 0.3) is 0 Å². The van der Waals surface area contributed by atoms with Crippen LogP contribution in [0.15, 0.2) is 0 Å². The van der Waals surface area contributed by atoms with Gasteiger partial charge in [0.15, 0.2) is 0 Å². The minimum absolute atomic E-state index is 1.02. The van der Waals surface area contributed by atoms with E-state index in [0.29, 0.717) is 0 Å². The molecule has 14 nitrogen and oxygen atoms in total. The van der Waals surface area contributed by atoms with Gasteiger partial charge in [0.1, 0.15) is 73.2 Å². The Balaban J connectivity index is 5.13. The summed E-state index contributed by atoms with van der Waals surface area (Å²) in [6, 6.07) is 0. The van der Waals surface area contributed by atoms with Gasteiger partial charge < -0.3 is 71.5 Å². The molecule has 0 aliphatic heterocycles. The molecule has 0 fully saturated rings. The molecule has 0 aromatic rings. The van der Waals surface area contributed by atoms with E-state index >= 15 is 0 Å². The van der Waals surface area contributed by atoms with E-state index in [2.05, 4.69) is 0 Å². The fourth-order valence-electron chi connectivity index (χ4n) is 2.44. The Hall–Kier alpha value is -0.560. The molecule has 0 rings (SSSR count). The lowest BCUT2D eigenvalue weighted by molar-refractivity contribution is -0.202. The summed E-state index contributed by atoms with van der Waals surface area (Å²) in [6.07, 6.45) is -29.1. The van der Waals surface area contributed by atoms with Crippen molar-refractivity contribution in [2.75, 3.05) is 6.61 Å². The Morgan fingerprint density at radius 3 is 0.793 bits per heavy atom. The summed E-state index contributed by atoms with van der Waals surface area (Å²) in [5.74, 6) is 0. The van der Waals surface area contributed by atoms with Gasteiger partial charge in [0, 0.05) is 0 Å². The smallest absolute Gasteiger partial charge is 0.111 e. The highest BCUT2D eigenvalue weighted by Crippen LogP contribution is 2.18. The molecule has 0 saturated carbocycles. The third kappa shape index (κ3) is 7.27. The molecule has 0 aromatic carbocycles. The van der Waals surface area contributed by atoms with Crippen LogP contribution in [0.3, 0.4) is 0 Å². The maximum absolute atomic E-state index is 9.86. The molecule has 14 N–H and O–H groups in total. The lowest BCUT2D eigenvalue weighted by atomic mass is 9.89. The van der Waals surface area contributed by atoms with Crippen molar-refractivity contribution in [2.24, 2.45) is 0 Å². The molecule has 13 atom stereocenters. The molecule has 0 amide bonds. The van der Waals surface area contributed by atoms with Crippen LogP contribution < -0.4 is 0 Å². The van der Waals surface area contributed by atoms with Gasteiger partial charge in [0.05, 0.1) is 12.7 Å². The third-order valence-electron chi connectivity index (χ3n) is 4.57. The number of aliphatic hydroxyl groups is 14. The molecule has 0 heterocycles. The number of hydrogen-bond donors (Lipinski definition) is 14. The number of hydrogen-bond acceptors (Lipinski definition) is 14. The van der Waals surface area contributed by atoms with E-state index in [9.17, 15) is 61.3 Å². The topological polar surface area (TPSA) is 283 Å². The summed E-state index contributed by atoms with van der Waals surface area (Å²) in [6.45, 7) is 0.0306. The normalized spacial score (nSPS) is 26.2. The zero-order valence-corrected chi connectivity index (χ0v) is 15.5. The van der Waals surface area contributed by atoms with Crippen LogP contribution in [0, 0.1) is 0 Å². The lowest BCUT2D eigenvalue weighted by Gasteiger charge is -2.36. The van der Waals surface area contributed by atoms with Crippen molar-refractivity contribution in [2.45, 2.75) is 86.3 Å². The Kier molecular flexibility index (Phi) is 12.1. The minimum Gasteiger partial charge on any atom is -0.394 e. The van der Waals surface area contributed by atoms with Gasteiger partial charge in [0.2, 0.25) is 0 Å². The predicted molar refractivity (Wildman–Crippen MR) is 90.8 cm³/mol. The average molecular weight is 436 g/mol. The molecule has 0 aliphatic carbocycles. The van der Waals surface area contributed by atoms with Gasteiger partial charge in [-0.25, -0.2) is 0 Å². The summed E-state index contributed by atoms with van der Waals surface area (Å²) in [5, 5.41) is 134. The number of aliphatic hydroxyl groups excluding tert-OH is 14. The summed E-state index contributed by atoms with van der Waals surface area (Å²) in [4.78, 5) is 0. The standard InChI is InChI=1S/C15H32O14/c1-3(17)5(19)7(21)9(23)11(25)13(27)15(29)14(28)12(26)10(24)8(22)6(20)4(18)2-16/h3-29H,2H2,1H3. The van der Waals surface area contributed by atoms with Crippen LogP contribution in [0.4, 0.5) is 0 Å². The van der Waals surface area contributed by atoms with Crippen molar-refractivity contribution in [3.63, 3.8) is 0 Å². The van der Waals surface area contributed by atoms with Crippen LogP contribution in [0.5, 0.6) is 0 Å². The second-order valence-electron chi connectivity index (χ2n) is 6.89. The first kappa shape index (κ1) is 28.4. The molecule has 14 heteroatoms. The minimum atomic E-state index is -2.49. The Morgan fingerprint density at radius 1 is 0.379 bits per heavy atom. The highest BCUT2D eigenvalue weighted by molar-refractivity contribution is 4.95. The first-order chi connectivity index (χ1) is 13.2. The largest absolute Gasteiger partial charge is 0.394 e. The molecule has 13 unspecified atom stereocenters. The van der Waals surface area contributed by atoms with E-state index in [4.69, 9.17) is 10.2 Å². The van der Waals surface area contributed by atoms with Crippen molar-refractivity contribution in [1.82, 2.24) is 0 Å². The molecule has 0 aromatic heterocycles. The molecule has 0 aliphatic rings. The second-order valence-corrected chi connectivity index (χ2v) is 6.89. The number of rotatable bonds is 13. The Labute approximate surface area is 165 Å². The molecular formula is C15H32O14. The van der Waals surface area contributed by atoms with E-state index in [-0.39, 0.29) is 0 Å². The van der Waals surface area contributed by atoms with Crippen LogP contribution >= 0.6 is 0 Å². The molecule has 0 spiro atoms. The van der Waals surface area contributed by atoms with Crippen molar-refractivity contribution < 1.29 is 71.5 Å². The summed E-state index contributed by atoms with van der Waals surface area (Å²) < 4.78 is 0. The lowest BCUT2D eigenvalue weighted by Crippen LogP contribution is -2.60. The third-order valence-corrected chi connectivity index (χ3v) is 4.57. The molecule has 0 radical (unpaired) electrons. The first-order valence-corrected chi connectivity index (χ1v) is 8.66. The highest BCUT2D eigenvalue weighted by atomic mass is 16.4. The van der Waals surface area contributed by atoms with Crippen molar-refractivity contribution in [1.29, 1.82) is 0 Å². The molecule has 0 saturated heterocycles. The van der Waals surface area contributed by atoms with Crippen LogP contribution in [-0.2, 0) is 0 Å². The van der Waals surface area contributed by atoms with Gasteiger partial charge >= 0.3 is 0 Å². The molecule has 176 valence electrons. The van der Waals surface area contributed by atoms with Gasteiger partial charge in [-0.05, 0) is 6.92 Å². The van der Waals surface area contributed by atoms with Crippen molar-refractivity contribution in [3.05, 3.63) is 0 Å². The van der Waals surface area contributed by atoms with Gasteiger partial charge in [-0.2, -0.15) is 0 Å². The van der Waals surface area contributed by atoms with Crippen LogP contribution in [0.2, 0.25) is 0 Å². The maximum atomic E-state index is 9.86. The average Bonchev–Trinajstić information content (AvgIpc) is 2.72. The van der Waals surface area contributed by atoms with E-state index in [1.54, 1.807) is 0 Å². The zero-order valence-electron chi connectivity index (χ0n) is 15.5. The fraction of sp³-hybridized carbons (Fsp3) is 1.00. The Bertz CT molecular complexity index is 453. The first-order valence-electron chi connectivity index (χ1n) is 8.66. The predicted octanol–water partition coefficient (Wildman–Crippen LogP) is -8.31. The van der Waals surface area contributed by atoms with Crippen molar-refractivity contribution >= 4 is 0 Å². The van der Waals surface area contributed by atoms with E-state index in [1.165, 1.54) is 0 Å². The zero-order chi connectivity index (χ0) is 23.2. The molecular weight excluding hydrogens is 404 g/mol. The van der Waals surface area contributed by atoms with Crippen LogP contribution in [-0.4, -0.2) is 157 Å². The van der Waals surface area contributed by atoms with Gasteiger partial charge in [0.25, 0.3) is 0 Å². The second kappa shape index (κ2) is 12.3. The highest BCUT2D eigenvalue weighted by Gasteiger charge is 2.44. The van der Waals surface area contributed by atoms with E-state index in [1.807, 2.05) is 0 Å². The summed E-state index contributed by atoms with van der Waals surface area (Å²) >= 11 is 0. The molecule has 29 heavy (non-hydrogen) atoms. The summed E-state index contributed by atoms with van der Waals surface area (Å²) in [5.41, 5.74) is 0. The van der Waals surface area contributed by atoms with Gasteiger partial charge in [-0.15, -0.1) is 0 Å².